The number of unbranched alkanes of at least 4 members (excludes halogenated alkanes) is 7. The molecule has 2 atom stereocenters. The van der Waals surface area contributed by atoms with Crippen LogP contribution in [0.1, 0.15) is 96.8 Å². The third-order valence-corrected chi connectivity index (χ3v) is 5.04. The molecule has 2 nitrogen and oxygen atoms in total. The van der Waals surface area contributed by atoms with Crippen molar-refractivity contribution in [2.75, 3.05) is 0 Å². The fourth-order valence-electron chi connectivity index (χ4n) is 3.67. The Kier molecular flexibility index (Phi) is 11.1. The summed E-state index contributed by atoms with van der Waals surface area (Å²) >= 11 is 0. The van der Waals surface area contributed by atoms with Crippen LogP contribution in [0.25, 0.3) is 0 Å². The Hall–Kier alpha value is -0.790. The maximum atomic E-state index is 10.5. The van der Waals surface area contributed by atoms with Crippen LogP contribution in [0.2, 0.25) is 0 Å². The van der Waals surface area contributed by atoms with E-state index in [0.29, 0.717) is 6.42 Å². The highest BCUT2D eigenvalue weighted by Gasteiger charge is 2.24. The molecule has 1 fully saturated rings. The summed E-state index contributed by atoms with van der Waals surface area (Å²) in [6.45, 7) is 2.26. The molecule has 0 aromatic carbocycles. The Morgan fingerprint density at radius 3 is 2.59 bits per heavy atom. The van der Waals surface area contributed by atoms with E-state index in [-0.39, 0.29) is 0 Å². The van der Waals surface area contributed by atoms with Gasteiger partial charge >= 0.3 is 5.97 Å². The lowest BCUT2D eigenvalue weighted by atomic mass is 9.90. The van der Waals surface area contributed by atoms with Gasteiger partial charge in [-0.15, -0.1) is 0 Å². The number of rotatable bonds is 13. The maximum absolute atomic E-state index is 10.5. The minimum absolute atomic E-state index is 0.340. The molecule has 0 amide bonds. The van der Waals surface area contributed by atoms with Crippen molar-refractivity contribution in [2.45, 2.75) is 96.8 Å². The molecule has 1 saturated carbocycles. The average Bonchev–Trinajstić information content (AvgIpc) is 2.93. The minimum atomic E-state index is -0.653. The van der Waals surface area contributed by atoms with Crippen LogP contribution < -0.4 is 0 Å². The molecular formula is C20H36O2. The van der Waals surface area contributed by atoms with Crippen molar-refractivity contribution in [1.82, 2.24) is 0 Å². The van der Waals surface area contributed by atoms with Crippen LogP contribution in [0.15, 0.2) is 12.2 Å². The minimum Gasteiger partial charge on any atom is -0.481 e. The quantitative estimate of drug-likeness (QED) is 0.318. The van der Waals surface area contributed by atoms with Crippen LogP contribution in [0.4, 0.5) is 0 Å². The van der Waals surface area contributed by atoms with Gasteiger partial charge < -0.3 is 5.11 Å². The number of hydrogen-bond acceptors (Lipinski definition) is 1. The summed E-state index contributed by atoms with van der Waals surface area (Å²) in [5, 5.41) is 8.62. The first kappa shape index (κ1) is 19.3. The highest BCUT2D eigenvalue weighted by atomic mass is 16.4. The van der Waals surface area contributed by atoms with Crippen molar-refractivity contribution in [1.29, 1.82) is 0 Å². The van der Waals surface area contributed by atoms with E-state index in [2.05, 4.69) is 19.1 Å². The first-order valence-corrected chi connectivity index (χ1v) is 9.62. The predicted octanol–water partition coefficient (Wildman–Crippen LogP) is 6.35. The molecule has 0 spiro atoms. The highest BCUT2D eigenvalue weighted by Crippen LogP contribution is 2.36. The Labute approximate surface area is 137 Å². The fourth-order valence-corrected chi connectivity index (χ4v) is 3.67. The van der Waals surface area contributed by atoms with Gasteiger partial charge in [0.15, 0.2) is 0 Å². The van der Waals surface area contributed by atoms with E-state index in [1.165, 1.54) is 70.6 Å². The first-order chi connectivity index (χ1) is 10.7. The van der Waals surface area contributed by atoms with Crippen molar-refractivity contribution < 1.29 is 9.90 Å². The molecule has 2 unspecified atom stereocenters. The van der Waals surface area contributed by atoms with Crippen LogP contribution in [-0.4, -0.2) is 11.1 Å². The lowest BCUT2D eigenvalue weighted by Crippen LogP contribution is -2.05. The van der Waals surface area contributed by atoms with Crippen molar-refractivity contribution in [3.8, 4) is 0 Å². The second kappa shape index (κ2) is 12.7. The van der Waals surface area contributed by atoms with Gasteiger partial charge in [0.25, 0.3) is 0 Å². The summed E-state index contributed by atoms with van der Waals surface area (Å²) in [6.07, 6.45) is 21.9. The summed E-state index contributed by atoms with van der Waals surface area (Å²) in [4.78, 5) is 10.5. The standard InChI is InChI=1S/C20H36O2/c1-2-3-4-5-6-9-13-18-15-12-16-19(18)14-10-7-8-11-17-20(21)22/h9,13,18-19H,2-8,10-12,14-17H2,1H3,(H,21,22). The van der Waals surface area contributed by atoms with Gasteiger partial charge in [0.05, 0.1) is 0 Å². The molecule has 0 aromatic heterocycles. The zero-order valence-electron chi connectivity index (χ0n) is 14.6. The third-order valence-electron chi connectivity index (χ3n) is 5.04. The summed E-state index contributed by atoms with van der Waals surface area (Å²) in [7, 11) is 0. The van der Waals surface area contributed by atoms with Crippen molar-refractivity contribution in [2.24, 2.45) is 11.8 Å². The van der Waals surface area contributed by atoms with Gasteiger partial charge in [-0.1, -0.05) is 64.0 Å². The SMILES string of the molecule is CCCCCCC=CC1CCCC1CCCCCCC(=O)O. The normalized spacial score (nSPS) is 21.7. The molecule has 2 heteroatoms. The van der Waals surface area contributed by atoms with E-state index in [9.17, 15) is 4.79 Å². The fraction of sp³-hybridized carbons (Fsp3) is 0.850. The number of allylic oxidation sites excluding steroid dienone is 2. The van der Waals surface area contributed by atoms with Gasteiger partial charge in [-0.05, 0) is 50.4 Å². The van der Waals surface area contributed by atoms with E-state index < -0.39 is 5.97 Å². The Morgan fingerprint density at radius 2 is 1.82 bits per heavy atom. The van der Waals surface area contributed by atoms with Gasteiger partial charge in [-0.25, -0.2) is 0 Å². The average molecular weight is 309 g/mol. The summed E-state index contributed by atoms with van der Waals surface area (Å²) in [6, 6.07) is 0. The van der Waals surface area contributed by atoms with E-state index in [1.54, 1.807) is 0 Å². The molecule has 128 valence electrons. The van der Waals surface area contributed by atoms with Crippen LogP contribution in [-0.2, 0) is 4.79 Å². The van der Waals surface area contributed by atoms with Crippen LogP contribution in [0.5, 0.6) is 0 Å². The van der Waals surface area contributed by atoms with E-state index in [0.717, 1.165) is 24.7 Å². The van der Waals surface area contributed by atoms with Gasteiger partial charge in [-0.2, -0.15) is 0 Å². The zero-order chi connectivity index (χ0) is 16.0. The lowest BCUT2D eigenvalue weighted by molar-refractivity contribution is -0.137. The van der Waals surface area contributed by atoms with Crippen LogP contribution >= 0.6 is 0 Å². The molecule has 1 aliphatic carbocycles. The molecule has 0 bridgehead atoms. The molecule has 22 heavy (non-hydrogen) atoms. The molecule has 1 rings (SSSR count). The van der Waals surface area contributed by atoms with Crippen molar-refractivity contribution in [3.63, 3.8) is 0 Å². The van der Waals surface area contributed by atoms with Gasteiger partial charge in [0, 0.05) is 6.42 Å². The summed E-state index contributed by atoms with van der Waals surface area (Å²) in [5.74, 6) is 1.07. The Balaban J connectivity index is 2.07. The second-order valence-electron chi connectivity index (χ2n) is 6.98. The molecule has 0 aromatic rings. The van der Waals surface area contributed by atoms with E-state index in [4.69, 9.17) is 5.11 Å². The highest BCUT2D eigenvalue weighted by molar-refractivity contribution is 5.66. The first-order valence-electron chi connectivity index (χ1n) is 9.62. The largest absolute Gasteiger partial charge is 0.481 e. The number of carbonyl (C=O) groups is 1. The van der Waals surface area contributed by atoms with Crippen LogP contribution in [0, 0.1) is 11.8 Å². The predicted molar refractivity (Wildman–Crippen MR) is 94.1 cm³/mol. The number of hydrogen-bond donors (Lipinski definition) is 1. The monoisotopic (exact) mass is 308 g/mol. The summed E-state index contributed by atoms with van der Waals surface area (Å²) in [5.41, 5.74) is 0. The third kappa shape index (κ3) is 9.27. The lowest BCUT2D eigenvalue weighted by Gasteiger charge is -2.16. The van der Waals surface area contributed by atoms with Crippen LogP contribution in [0.3, 0.4) is 0 Å². The molecule has 1 aliphatic rings. The molecule has 0 aliphatic heterocycles. The second-order valence-corrected chi connectivity index (χ2v) is 6.98. The molecule has 0 saturated heterocycles. The smallest absolute Gasteiger partial charge is 0.303 e. The molecule has 0 heterocycles. The van der Waals surface area contributed by atoms with Gasteiger partial charge in [0.1, 0.15) is 0 Å². The van der Waals surface area contributed by atoms with Crippen molar-refractivity contribution >= 4 is 5.97 Å². The van der Waals surface area contributed by atoms with Gasteiger partial charge in [0.2, 0.25) is 0 Å². The number of aliphatic carboxylic acids is 1. The molecule has 1 N–H and O–H groups in total. The topological polar surface area (TPSA) is 37.3 Å². The molecular weight excluding hydrogens is 272 g/mol. The molecule has 0 radical (unpaired) electrons. The van der Waals surface area contributed by atoms with E-state index in [1.807, 2.05) is 0 Å². The van der Waals surface area contributed by atoms with Gasteiger partial charge in [-0.3, -0.25) is 4.79 Å². The summed E-state index contributed by atoms with van der Waals surface area (Å²) < 4.78 is 0. The number of carboxylic acids is 1. The zero-order valence-corrected chi connectivity index (χ0v) is 14.6. The maximum Gasteiger partial charge on any atom is 0.303 e. The van der Waals surface area contributed by atoms with E-state index >= 15 is 0 Å². The Bertz CT molecular complexity index is 309. The van der Waals surface area contributed by atoms with Crippen molar-refractivity contribution in [3.05, 3.63) is 12.2 Å². The number of carboxylic acid groups (broad SMARTS) is 1. The Morgan fingerprint density at radius 1 is 1.05 bits per heavy atom.